The van der Waals surface area contributed by atoms with E-state index in [-0.39, 0.29) is 11.8 Å². The summed E-state index contributed by atoms with van der Waals surface area (Å²) >= 11 is 0. The quantitative estimate of drug-likeness (QED) is 0.513. The van der Waals surface area contributed by atoms with Crippen molar-refractivity contribution in [2.24, 2.45) is 11.8 Å². The highest BCUT2D eigenvalue weighted by Gasteiger charge is 2.40. The lowest BCUT2D eigenvalue weighted by Gasteiger charge is -2.40. The monoisotopic (exact) mass is 388 g/mol. The number of nitrogens with zero attached hydrogens (tertiary/aromatic N) is 2. The highest BCUT2D eigenvalue weighted by molar-refractivity contribution is 5.56. The topological polar surface area (TPSA) is 127 Å². The molecule has 0 atom stereocenters. The van der Waals surface area contributed by atoms with Gasteiger partial charge in [0.2, 0.25) is 0 Å². The van der Waals surface area contributed by atoms with E-state index in [1.807, 2.05) is 27.7 Å². The number of hydrogen-bond donors (Lipinski definition) is 2. The van der Waals surface area contributed by atoms with Gasteiger partial charge < -0.3 is 10.2 Å². The molecule has 0 aliphatic carbocycles. The Kier molecular flexibility index (Phi) is 5.92. The summed E-state index contributed by atoms with van der Waals surface area (Å²) in [6.45, 7) is 7.89. The molecule has 2 aromatic carbocycles. The maximum Gasteiger partial charge on any atom is 0.310 e. The van der Waals surface area contributed by atoms with Gasteiger partial charge in [0.25, 0.3) is 0 Å². The van der Waals surface area contributed by atoms with Crippen LogP contribution in [0.1, 0.15) is 45.2 Å². The molecular weight excluding hydrogens is 364 g/mol. The molecule has 0 aliphatic rings. The lowest BCUT2D eigenvalue weighted by molar-refractivity contribution is -0.386. The van der Waals surface area contributed by atoms with Crippen LogP contribution in [0.5, 0.6) is 11.5 Å². The van der Waals surface area contributed by atoms with Crippen LogP contribution < -0.4 is 0 Å². The minimum atomic E-state index is -0.787. The fraction of sp³-hybridized carbons (Fsp3) is 0.400. The molecule has 0 spiro atoms. The number of benzene rings is 2. The third kappa shape index (κ3) is 3.76. The lowest BCUT2D eigenvalue weighted by atomic mass is 9.63. The highest BCUT2D eigenvalue weighted by atomic mass is 16.6. The van der Waals surface area contributed by atoms with Crippen molar-refractivity contribution in [2.75, 3.05) is 0 Å². The predicted molar refractivity (Wildman–Crippen MR) is 105 cm³/mol. The first-order chi connectivity index (χ1) is 13.0. The molecule has 0 bridgehead atoms. The van der Waals surface area contributed by atoms with Crippen LogP contribution in [0.2, 0.25) is 0 Å². The van der Waals surface area contributed by atoms with Crippen molar-refractivity contribution < 1.29 is 20.1 Å². The molecule has 0 saturated heterocycles. The first kappa shape index (κ1) is 21.1. The largest absolute Gasteiger partial charge is 0.502 e. The van der Waals surface area contributed by atoms with E-state index < -0.39 is 38.1 Å². The molecule has 2 N–H and O–H groups in total. The molecule has 0 unspecified atom stereocenters. The summed E-state index contributed by atoms with van der Waals surface area (Å²) in [5.74, 6) is -0.786. The van der Waals surface area contributed by atoms with Crippen molar-refractivity contribution in [3.63, 3.8) is 0 Å². The zero-order chi connectivity index (χ0) is 21.2. The van der Waals surface area contributed by atoms with Crippen LogP contribution in [0, 0.1) is 32.1 Å². The molecule has 150 valence electrons. The van der Waals surface area contributed by atoms with E-state index in [0.29, 0.717) is 17.5 Å². The molecular formula is C20H24N2O6. The maximum atomic E-state index is 11.3. The fourth-order valence-electron chi connectivity index (χ4n) is 3.84. The van der Waals surface area contributed by atoms with Crippen LogP contribution in [0.15, 0.2) is 36.4 Å². The SMILES string of the molecule is CC(C)CC(c1ccc(O)c([N+](=O)[O-])c1)(c1ccc(O)c([N+](=O)[O-])c1)C(C)C. The number of phenolic OH excluding ortho intramolecular Hbond substituents is 2. The maximum absolute atomic E-state index is 11.3. The first-order valence-corrected chi connectivity index (χ1v) is 8.96. The first-order valence-electron chi connectivity index (χ1n) is 8.96. The van der Waals surface area contributed by atoms with Crippen LogP contribution in [0.3, 0.4) is 0 Å². The minimum absolute atomic E-state index is 0.0804. The third-order valence-corrected chi connectivity index (χ3v) is 5.09. The Labute approximate surface area is 162 Å². The molecule has 0 aliphatic heterocycles. The summed E-state index contributed by atoms with van der Waals surface area (Å²) in [6.07, 6.45) is 0.564. The summed E-state index contributed by atoms with van der Waals surface area (Å²) in [5.41, 5.74) is -0.453. The number of phenols is 2. The number of rotatable bonds is 7. The van der Waals surface area contributed by atoms with E-state index in [1.54, 1.807) is 12.1 Å². The summed E-state index contributed by atoms with van der Waals surface area (Å²) < 4.78 is 0. The Morgan fingerprint density at radius 1 is 0.857 bits per heavy atom. The predicted octanol–water partition coefficient (Wildman–Crippen LogP) is 4.90. The van der Waals surface area contributed by atoms with Crippen LogP contribution in [-0.2, 0) is 5.41 Å². The van der Waals surface area contributed by atoms with Gasteiger partial charge in [-0.05, 0) is 41.5 Å². The second-order valence-corrected chi connectivity index (χ2v) is 7.65. The second kappa shape index (κ2) is 7.84. The molecule has 0 radical (unpaired) electrons. The van der Waals surface area contributed by atoms with Gasteiger partial charge in [0.15, 0.2) is 11.5 Å². The average Bonchev–Trinajstić information content (AvgIpc) is 2.59. The van der Waals surface area contributed by atoms with Crippen LogP contribution >= 0.6 is 0 Å². The van der Waals surface area contributed by atoms with E-state index in [4.69, 9.17) is 0 Å². The fourth-order valence-corrected chi connectivity index (χ4v) is 3.84. The van der Waals surface area contributed by atoms with Gasteiger partial charge in [-0.25, -0.2) is 0 Å². The Hall–Kier alpha value is -3.16. The number of hydrogen-bond acceptors (Lipinski definition) is 6. The van der Waals surface area contributed by atoms with Crippen LogP contribution in [0.25, 0.3) is 0 Å². The van der Waals surface area contributed by atoms with E-state index in [1.165, 1.54) is 24.3 Å². The van der Waals surface area contributed by atoms with Gasteiger partial charge in [-0.1, -0.05) is 39.8 Å². The van der Waals surface area contributed by atoms with Gasteiger partial charge in [0.05, 0.1) is 9.85 Å². The smallest absolute Gasteiger partial charge is 0.310 e. The summed E-state index contributed by atoms with van der Waals surface area (Å²) in [6, 6.07) is 8.44. The number of nitro benzene ring substituents is 2. The Bertz CT molecular complexity index is 844. The number of nitro groups is 2. The summed E-state index contributed by atoms with van der Waals surface area (Å²) in [5, 5.41) is 42.4. The molecule has 8 nitrogen and oxygen atoms in total. The van der Waals surface area contributed by atoms with E-state index >= 15 is 0 Å². The number of aromatic hydroxyl groups is 2. The molecule has 0 saturated carbocycles. The van der Waals surface area contributed by atoms with Crippen molar-refractivity contribution in [3.05, 3.63) is 67.8 Å². The van der Waals surface area contributed by atoms with Crippen molar-refractivity contribution >= 4 is 11.4 Å². The highest BCUT2D eigenvalue weighted by Crippen LogP contribution is 2.47. The zero-order valence-corrected chi connectivity index (χ0v) is 16.2. The van der Waals surface area contributed by atoms with E-state index in [0.717, 1.165) is 0 Å². The van der Waals surface area contributed by atoms with Crippen LogP contribution in [-0.4, -0.2) is 20.1 Å². The zero-order valence-electron chi connectivity index (χ0n) is 16.2. The van der Waals surface area contributed by atoms with Gasteiger partial charge in [-0.2, -0.15) is 0 Å². The molecule has 2 rings (SSSR count). The van der Waals surface area contributed by atoms with Gasteiger partial charge in [0.1, 0.15) is 0 Å². The van der Waals surface area contributed by atoms with Gasteiger partial charge in [0, 0.05) is 17.5 Å². The van der Waals surface area contributed by atoms with Crippen molar-refractivity contribution in [1.82, 2.24) is 0 Å². The summed E-state index contributed by atoms with van der Waals surface area (Å²) in [7, 11) is 0. The Balaban J connectivity index is 2.86. The van der Waals surface area contributed by atoms with Crippen molar-refractivity contribution in [2.45, 2.75) is 39.5 Å². The molecule has 28 heavy (non-hydrogen) atoms. The molecule has 0 fully saturated rings. The van der Waals surface area contributed by atoms with Gasteiger partial charge in [-0.3, -0.25) is 20.2 Å². The third-order valence-electron chi connectivity index (χ3n) is 5.09. The molecule has 8 heteroatoms. The van der Waals surface area contributed by atoms with Gasteiger partial charge >= 0.3 is 11.4 Å². The van der Waals surface area contributed by atoms with Crippen molar-refractivity contribution in [3.8, 4) is 11.5 Å². The van der Waals surface area contributed by atoms with Crippen LogP contribution in [0.4, 0.5) is 11.4 Å². The van der Waals surface area contributed by atoms with Crippen molar-refractivity contribution in [1.29, 1.82) is 0 Å². The Morgan fingerprint density at radius 3 is 1.54 bits per heavy atom. The average molecular weight is 388 g/mol. The standard InChI is InChI=1S/C20H24N2O6/c1-12(2)11-20(13(3)4,14-5-7-18(23)16(9-14)21(25)26)15-6-8-19(24)17(10-15)22(27)28/h5-10,12-13,23-24H,11H2,1-4H3. The normalized spacial score (nSPS) is 11.8. The molecule has 2 aromatic rings. The minimum Gasteiger partial charge on any atom is -0.502 e. The van der Waals surface area contributed by atoms with E-state index in [9.17, 15) is 30.4 Å². The molecule has 0 aromatic heterocycles. The Morgan fingerprint density at radius 2 is 1.25 bits per heavy atom. The van der Waals surface area contributed by atoms with E-state index in [2.05, 4.69) is 0 Å². The molecule has 0 amide bonds. The molecule has 0 heterocycles. The summed E-state index contributed by atoms with van der Waals surface area (Å²) in [4.78, 5) is 21.4. The lowest BCUT2D eigenvalue weighted by Crippen LogP contribution is -2.35. The second-order valence-electron chi connectivity index (χ2n) is 7.65. The van der Waals surface area contributed by atoms with Gasteiger partial charge in [-0.15, -0.1) is 0 Å².